The van der Waals surface area contributed by atoms with E-state index in [4.69, 9.17) is 4.99 Å². The Balaban J connectivity index is 1.60. The molecule has 1 aliphatic rings. The number of thiazole rings is 1. The highest BCUT2D eigenvalue weighted by atomic mass is 79.9. The van der Waals surface area contributed by atoms with Gasteiger partial charge in [0.05, 0.1) is 17.2 Å². The van der Waals surface area contributed by atoms with Gasteiger partial charge in [-0.05, 0) is 48.3 Å². The molecule has 0 aliphatic carbocycles. The Morgan fingerprint density at radius 3 is 3.00 bits per heavy atom. The van der Waals surface area contributed by atoms with E-state index in [1.54, 1.807) is 11.3 Å². The molecule has 25 heavy (non-hydrogen) atoms. The van der Waals surface area contributed by atoms with Crippen molar-refractivity contribution < 1.29 is 0 Å². The molecule has 2 N–H and O–H groups in total. The average Bonchev–Trinajstić information content (AvgIpc) is 3.22. The predicted molar refractivity (Wildman–Crippen MR) is 110 cm³/mol. The maximum Gasteiger partial charge on any atom is 0.191 e. The maximum atomic E-state index is 4.71. The first-order valence-electron chi connectivity index (χ1n) is 8.61. The summed E-state index contributed by atoms with van der Waals surface area (Å²) in [5.41, 5.74) is 1.26. The number of rotatable bonds is 5. The normalized spacial score (nSPS) is 17.8. The molecule has 0 amide bonds. The number of aromatic nitrogens is 1. The fraction of sp³-hybridized carbons (Fsp3) is 0.444. The van der Waals surface area contributed by atoms with Crippen molar-refractivity contribution >= 4 is 38.9 Å². The number of anilines is 1. The summed E-state index contributed by atoms with van der Waals surface area (Å²) in [5.74, 6) is 0.882. The lowest BCUT2D eigenvalue weighted by Gasteiger charge is -2.21. The zero-order valence-corrected chi connectivity index (χ0v) is 17.0. The first-order chi connectivity index (χ1) is 12.2. The lowest BCUT2D eigenvalue weighted by atomic mass is 10.3. The topological polar surface area (TPSA) is 52.6 Å². The molecule has 1 aromatic heterocycles. The number of halogens is 1. The number of hydrogen-bond acceptors (Lipinski definition) is 4. The third-order valence-electron chi connectivity index (χ3n) is 4.13. The van der Waals surface area contributed by atoms with Crippen molar-refractivity contribution in [1.29, 1.82) is 0 Å². The molecular formula is C18H24BrN5S. The smallest absolute Gasteiger partial charge is 0.191 e. The Bertz CT molecular complexity index is 730. The number of nitrogens with one attached hydrogen (secondary N) is 2. The molecule has 7 heteroatoms. The van der Waals surface area contributed by atoms with E-state index in [2.05, 4.69) is 67.6 Å². The first kappa shape index (κ1) is 18.2. The minimum absolute atomic E-state index is 0.396. The van der Waals surface area contributed by atoms with Crippen LogP contribution in [0.3, 0.4) is 0 Å². The number of aryl methyl sites for hydroxylation is 1. The van der Waals surface area contributed by atoms with E-state index < -0.39 is 0 Å². The summed E-state index contributed by atoms with van der Waals surface area (Å²) < 4.78 is 1.15. The van der Waals surface area contributed by atoms with Gasteiger partial charge in [0.15, 0.2) is 5.96 Å². The Labute approximate surface area is 161 Å². The summed E-state index contributed by atoms with van der Waals surface area (Å²) in [5, 5.41) is 8.01. The summed E-state index contributed by atoms with van der Waals surface area (Å²) >= 11 is 5.35. The third-order valence-corrected chi connectivity index (χ3v) is 5.70. The van der Waals surface area contributed by atoms with Crippen LogP contribution >= 0.6 is 27.3 Å². The van der Waals surface area contributed by atoms with Gasteiger partial charge in [-0.1, -0.05) is 12.1 Å². The Morgan fingerprint density at radius 2 is 2.28 bits per heavy atom. The van der Waals surface area contributed by atoms with Crippen molar-refractivity contribution in [2.75, 3.05) is 24.5 Å². The van der Waals surface area contributed by atoms with Gasteiger partial charge in [0, 0.05) is 41.2 Å². The molecule has 1 aromatic carbocycles. The van der Waals surface area contributed by atoms with Crippen LogP contribution in [0.4, 0.5) is 5.69 Å². The van der Waals surface area contributed by atoms with E-state index in [0.29, 0.717) is 12.6 Å². The van der Waals surface area contributed by atoms with Crippen molar-refractivity contribution in [1.82, 2.24) is 15.6 Å². The van der Waals surface area contributed by atoms with Crippen LogP contribution < -0.4 is 15.5 Å². The van der Waals surface area contributed by atoms with Gasteiger partial charge in [0.2, 0.25) is 0 Å². The van der Waals surface area contributed by atoms with E-state index in [1.165, 1.54) is 10.6 Å². The summed E-state index contributed by atoms with van der Waals surface area (Å²) in [7, 11) is 0. The van der Waals surface area contributed by atoms with Crippen LogP contribution in [0, 0.1) is 6.92 Å². The van der Waals surface area contributed by atoms with Gasteiger partial charge in [-0.2, -0.15) is 0 Å². The number of nitrogens with zero attached hydrogens (tertiary/aromatic N) is 3. The van der Waals surface area contributed by atoms with Crippen LogP contribution in [0.25, 0.3) is 0 Å². The molecule has 0 saturated carbocycles. The fourth-order valence-electron chi connectivity index (χ4n) is 2.95. The maximum absolute atomic E-state index is 4.71. The zero-order chi connectivity index (χ0) is 17.6. The molecule has 2 heterocycles. The van der Waals surface area contributed by atoms with Gasteiger partial charge in [-0.25, -0.2) is 9.98 Å². The van der Waals surface area contributed by atoms with Crippen molar-refractivity contribution in [2.45, 2.75) is 32.9 Å². The van der Waals surface area contributed by atoms with Crippen LogP contribution in [0.1, 0.15) is 23.2 Å². The van der Waals surface area contributed by atoms with Gasteiger partial charge in [-0.15, -0.1) is 11.3 Å². The second-order valence-corrected chi connectivity index (χ2v) is 8.24. The van der Waals surface area contributed by atoms with E-state index in [0.717, 1.165) is 41.5 Å². The highest BCUT2D eigenvalue weighted by Crippen LogP contribution is 2.28. The van der Waals surface area contributed by atoms with Gasteiger partial charge >= 0.3 is 0 Å². The molecule has 0 spiro atoms. The lowest BCUT2D eigenvalue weighted by molar-refractivity contribution is 0.649. The van der Waals surface area contributed by atoms with Crippen molar-refractivity contribution in [3.05, 3.63) is 44.8 Å². The Morgan fingerprint density at radius 1 is 1.44 bits per heavy atom. The monoisotopic (exact) mass is 421 g/mol. The van der Waals surface area contributed by atoms with Crippen LogP contribution in [-0.4, -0.2) is 36.6 Å². The standard InChI is InChI=1S/C18H24BrN5S/c1-3-20-18(22-11-15-10-21-13(2)25-15)23-14-8-9-24(12-14)17-7-5-4-6-16(17)19/h4-7,10,14H,3,8-9,11-12H2,1-2H3,(H2,20,22,23). The highest BCUT2D eigenvalue weighted by molar-refractivity contribution is 9.10. The van der Waals surface area contributed by atoms with E-state index in [9.17, 15) is 0 Å². The number of aliphatic imine (C=N–C) groups is 1. The molecule has 5 nitrogen and oxygen atoms in total. The van der Waals surface area contributed by atoms with Crippen molar-refractivity contribution in [3.63, 3.8) is 0 Å². The molecule has 0 radical (unpaired) electrons. The third kappa shape index (κ3) is 4.95. The van der Waals surface area contributed by atoms with Gasteiger partial charge in [-0.3, -0.25) is 0 Å². The molecule has 1 aliphatic heterocycles. The van der Waals surface area contributed by atoms with E-state index >= 15 is 0 Å². The Hall–Kier alpha value is -1.60. The summed E-state index contributed by atoms with van der Waals surface area (Å²) in [4.78, 5) is 12.6. The van der Waals surface area contributed by atoms with Crippen molar-refractivity contribution in [3.8, 4) is 0 Å². The second-order valence-electron chi connectivity index (χ2n) is 6.07. The minimum atomic E-state index is 0.396. The quantitative estimate of drug-likeness (QED) is 0.572. The lowest BCUT2D eigenvalue weighted by Crippen LogP contribution is -2.44. The SMILES string of the molecule is CCNC(=NCc1cnc(C)s1)NC1CCN(c2ccccc2Br)C1. The van der Waals surface area contributed by atoms with Gasteiger partial charge in [0.1, 0.15) is 0 Å². The summed E-state index contributed by atoms with van der Waals surface area (Å²) in [6.07, 6.45) is 3.02. The number of hydrogen-bond donors (Lipinski definition) is 2. The summed E-state index contributed by atoms with van der Waals surface area (Å²) in [6, 6.07) is 8.80. The minimum Gasteiger partial charge on any atom is -0.368 e. The first-order valence-corrected chi connectivity index (χ1v) is 10.2. The van der Waals surface area contributed by atoms with Crippen LogP contribution in [-0.2, 0) is 6.54 Å². The van der Waals surface area contributed by atoms with Crippen LogP contribution in [0.5, 0.6) is 0 Å². The average molecular weight is 422 g/mol. The van der Waals surface area contributed by atoms with E-state index in [-0.39, 0.29) is 0 Å². The molecule has 1 atom stereocenters. The molecule has 1 saturated heterocycles. The van der Waals surface area contributed by atoms with Gasteiger partial charge < -0.3 is 15.5 Å². The zero-order valence-electron chi connectivity index (χ0n) is 14.6. The number of benzene rings is 1. The second kappa shape index (κ2) is 8.67. The number of para-hydroxylation sites is 1. The predicted octanol–water partition coefficient (Wildman–Crippen LogP) is 3.55. The molecular weight excluding hydrogens is 398 g/mol. The molecule has 3 rings (SSSR count). The molecule has 134 valence electrons. The van der Waals surface area contributed by atoms with Crippen LogP contribution in [0.2, 0.25) is 0 Å². The van der Waals surface area contributed by atoms with Crippen LogP contribution in [0.15, 0.2) is 39.9 Å². The molecule has 1 unspecified atom stereocenters. The van der Waals surface area contributed by atoms with Gasteiger partial charge in [0.25, 0.3) is 0 Å². The Kier molecular flexibility index (Phi) is 6.31. The van der Waals surface area contributed by atoms with E-state index in [1.807, 2.05) is 13.1 Å². The van der Waals surface area contributed by atoms with Crippen molar-refractivity contribution in [2.24, 2.45) is 4.99 Å². The molecule has 2 aromatic rings. The largest absolute Gasteiger partial charge is 0.368 e. The number of guanidine groups is 1. The molecule has 1 fully saturated rings. The molecule has 0 bridgehead atoms. The fourth-order valence-corrected chi connectivity index (χ4v) is 4.21. The summed E-state index contributed by atoms with van der Waals surface area (Å²) in [6.45, 7) is 7.67. The highest BCUT2D eigenvalue weighted by Gasteiger charge is 2.24.